The second-order valence-electron chi connectivity index (χ2n) is 8.18. The highest BCUT2D eigenvalue weighted by molar-refractivity contribution is 5.72. The molecule has 1 aromatic rings. The van der Waals surface area contributed by atoms with Crippen molar-refractivity contribution >= 4 is 23.9 Å². The first kappa shape index (κ1) is 30.8. The molecule has 0 bridgehead atoms. The van der Waals surface area contributed by atoms with E-state index in [9.17, 15) is 29.4 Å². The van der Waals surface area contributed by atoms with Gasteiger partial charge < -0.3 is 30.3 Å². The molecule has 0 saturated heterocycles. The molecular weight excluding hydrogens is 478 g/mol. The highest BCUT2D eigenvalue weighted by atomic mass is 16.5. The molecule has 1 atom stereocenters. The molecule has 202 valence electrons. The van der Waals surface area contributed by atoms with Gasteiger partial charge >= 0.3 is 23.9 Å². The number of carbonyl (C=O) groups is 4. The lowest BCUT2D eigenvalue weighted by Gasteiger charge is -2.34. The van der Waals surface area contributed by atoms with Crippen molar-refractivity contribution in [3.8, 4) is 5.75 Å². The van der Waals surface area contributed by atoms with Crippen molar-refractivity contribution < 1.29 is 49.4 Å². The Hall–Kier alpha value is -3.26. The molecule has 0 spiro atoms. The number of aliphatic hydroxyl groups is 1. The Bertz CT molecular complexity index is 833. The third kappa shape index (κ3) is 13.0. The molecule has 0 fully saturated rings. The number of aliphatic carboxylic acids is 3. The van der Waals surface area contributed by atoms with Gasteiger partial charge in [0.25, 0.3) is 0 Å². The number of carbonyl (C=O) groups excluding carboxylic acids is 1. The maximum absolute atomic E-state index is 11.6. The van der Waals surface area contributed by atoms with E-state index in [4.69, 9.17) is 20.1 Å². The van der Waals surface area contributed by atoms with Crippen molar-refractivity contribution in [1.29, 1.82) is 0 Å². The minimum atomic E-state index is -1.21. The fraction of sp³-hybridized carbons (Fsp3) is 0.565. The van der Waals surface area contributed by atoms with Gasteiger partial charge in [-0.15, -0.1) is 0 Å². The zero-order chi connectivity index (χ0) is 27.1. The summed E-state index contributed by atoms with van der Waals surface area (Å²) in [4.78, 5) is 49.6. The first-order chi connectivity index (χ1) is 17.0. The van der Waals surface area contributed by atoms with Crippen LogP contribution in [0, 0.1) is 0 Å². The van der Waals surface area contributed by atoms with Crippen molar-refractivity contribution in [2.24, 2.45) is 0 Å². The lowest BCUT2D eigenvalue weighted by molar-refractivity contribution is -0.143. The van der Waals surface area contributed by atoms with Crippen molar-refractivity contribution in [2.75, 3.05) is 65.6 Å². The maximum atomic E-state index is 11.6. The normalized spacial score (nSPS) is 12.1. The highest BCUT2D eigenvalue weighted by Gasteiger charge is 2.27. The standard InChI is InChI=1S/C23H35N3O10/c1-2-36-19-5-3-17(4-6-19)11-18(26(9-10-27)16-23(34)35)12-24(13-20(28)29)7-8-25(14-21(30)31)15-22(32)33/h3-6,18,27H,2,7-16H2,1H3,(H,28,29)(H,30,31)(H,32,33)(H,34,35)/p+1/t18-/m0/s1. The first-order valence-corrected chi connectivity index (χ1v) is 11.4. The lowest BCUT2D eigenvalue weighted by atomic mass is 10.0. The molecule has 0 saturated carbocycles. The molecular formula is C23H36N3O10+. The molecule has 0 aliphatic carbocycles. The summed E-state index contributed by atoms with van der Waals surface area (Å²) in [5.41, 5.74) is 0.859. The Balaban J connectivity index is 3.13. The van der Waals surface area contributed by atoms with Crippen molar-refractivity contribution in [3.05, 3.63) is 29.8 Å². The number of nitrogens with zero attached hydrogens (tertiary/aromatic N) is 3. The molecule has 0 heterocycles. The zero-order valence-electron chi connectivity index (χ0n) is 20.3. The van der Waals surface area contributed by atoms with Crippen LogP contribution in [0.15, 0.2) is 24.3 Å². The fourth-order valence-corrected chi connectivity index (χ4v) is 3.78. The number of rotatable bonds is 20. The summed E-state index contributed by atoms with van der Waals surface area (Å²) in [5, 5.41) is 44.4. The van der Waals surface area contributed by atoms with Crippen LogP contribution in [0.4, 0.5) is 0 Å². The van der Waals surface area contributed by atoms with E-state index in [1.54, 1.807) is 17.0 Å². The van der Waals surface area contributed by atoms with E-state index in [1.807, 2.05) is 19.1 Å². The van der Waals surface area contributed by atoms with E-state index in [-0.39, 0.29) is 39.3 Å². The summed E-state index contributed by atoms with van der Waals surface area (Å²) < 4.78 is 5.45. The Morgan fingerprint density at radius 2 is 1.39 bits per heavy atom. The molecule has 0 aliphatic rings. The summed E-state index contributed by atoms with van der Waals surface area (Å²) in [6.07, 6.45) is 0.365. The second kappa shape index (κ2) is 16.4. The molecule has 13 heteroatoms. The number of hydrogen-bond acceptors (Lipinski definition) is 9. The molecule has 0 aromatic heterocycles. The Morgan fingerprint density at radius 3 is 1.86 bits per heavy atom. The third-order valence-corrected chi connectivity index (χ3v) is 5.23. The van der Waals surface area contributed by atoms with Gasteiger partial charge in [0, 0.05) is 37.0 Å². The summed E-state index contributed by atoms with van der Waals surface area (Å²) in [6.45, 7) is 0.591. The number of carboxylic acid groups (broad SMARTS) is 3. The number of ether oxygens (including phenoxy) is 1. The van der Waals surface area contributed by atoms with E-state index in [1.165, 1.54) is 9.80 Å². The number of benzene rings is 1. The summed E-state index contributed by atoms with van der Waals surface area (Å²) in [5.74, 6) is -3.74. The molecule has 1 rings (SSSR count). The molecule has 0 unspecified atom stereocenters. The first-order valence-electron chi connectivity index (χ1n) is 11.4. The van der Waals surface area contributed by atoms with Crippen LogP contribution in [0.25, 0.3) is 0 Å². The van der Waals surface area contributed by atoms with Crippen molar-refractivity contribution in [3.63, 3.8) is 0 Å². The largest absolute Gasteiger partial charge is 0.564 e. The molecule has 36 heavy (non-hydrogen) atoms. The number of hydrogen-bond donors (Lipinski definition) is 4. The van der Waals surface area contributed by atoms with Gasteiger partial charge in [0.15, 0.2) is 6.54 Å². The SMILES string of the molecule is CCOc1ccc(C[C@@H](CN(CCN(CC(=O)O)CC(=O)O)CC(=O)O)N(CCO)CC(=O)[OH2+])cc1. The average Bonchev–Trinajstić information content (AvgIpc) is 2.76. The van der Waals surface area contributed by atoms with Gasteiger partial charge in [-0.05, 0) is 31.0 Å². The van der Waals surface area contributed by atoms with Gasteiger partial charge in [0.2, 0.25) is 0 Å². The topological polar surface area (TPSA) is 191 Å². The Morgan fingerprint density at radius 1 is 0.861 bits per heavy atom. The van der Waals surface area contributed by atoms with Crippen LogP contribution in [0.5, 0.6) is 5.75 Å². The van der Waals surface area contributed by atoms with Gasteiger partial charge in [-0.25, -0.2) is 0 Å². The molecule has 13 nitrogen and oxygen atoms in total. The van der Waals surface area contributed by atoms with E-state index in [0.29, 0.717) is 18.8 Å². The summed E-state index contributed by atoms with van der Waals surface area (Å²) >= 11 is 0. The molecule has 1 aromatic carbocycles. The van der Waals surface area contributed by atoms with Crippen molar-refractivity contribution in [2.45, 2.75) is 19.4 Å². The predicted molar refractivity (Wildman–Crippen MR) is 128 cm³/mol. The van der Waals surface area contributed by atoms with Gasteiger partial charge in [-0.2, -0.15) is 0 Å². The van der Waals surface area contributed by atoms with Gasteiger partial charge in [-0.1, -0.05) is 12.1 Å². The quantitative estimate of drug-likeness (QED) is 0.146. The summed E-state index contributed by atoms with van der Waals surface area (Å²) in [6, 6.07) is 6.76. The van der Waals surface area contributed by atoms with Crippen LogP contribution in [-0.4, -0.2) is 136 Å². The van der Waals surface area contributed by atoms with Crippen LogP contribution < -0.4 is 4.74 Å². The molecule has 6 N–H and O–H groups in total. The van der Waals surface area contributed by atoms with Crippen LogP contribution in [0.2, 0.25) is 0 Å². The van der Waals surface area contributed by atoms with Gasteiger partial charge in [0.05, 0.1) is 32.8 Å². The Labute approximate surface area is 209 Å². The maximum Gasteiger partial charge on any atom is 0.530 e. The highest BCUT2D eigenvalue weighted by Crippen LogP contribution is 2.16. The number of carboxylic acids is 3. The monoisotopic (exact) mass is 514 g/mol. The van der Waals surface area contributed by atoms with E-state index >= 15 is 0 Å². The van der Waals surface area contributed by atoms with Crippen molar-refractivity contribution in [1.82, 2.24) is 14.7 Å². The lowest BCUT2D eigenvalue weighted by Crippen LogP contribution is -2.51. The summed E-state index contributed by atoms with van der Waals surface area (Å²) in [7, 11) is 0. The second-order valence-corrected chi connectivity index (χ2v) is 8.18. The molecule has 0 amide bonds. The average molecular weight is 515 g/mol. The minimum Gasteiger partial charge on any atom is -0.564 e. The molecule has 0 radical (unpaired) electrons. The smallest absolute Gasteiger partial charge is 0.530 e. The van der Waals surface area contributed by atoms with Crippen LogP contribution in [0.1, 0.15) is 12.5 Å². The predicted octanol–water partition coefficient (Wildman–Crippen LogP) is -1.60. The van der Waals surface area contributed by atoms with E-state index in [2.05, 4.69) is 0 Å². The van der Waals surface area contributed by atoms with Gasteiger partial charge in [0.1, 0.15) is 5.75 Å². The minimum absolute atomic E-state index is 0.0149. The molecule has 0 aliphatic heterocycles. The number of aliphatic hydroxyl groups excluding tert-OH is 1. The van der Waals surface area contributed by atoms with Crippen LogP contribution in [0.3, 0.4) is 0 Å². The van der Waals surface area contributed by atoms with E-state index < -0.39 is 49.6 Å². The Kier molecular flexibility index (Phi) is 14.0. The van der Waals surface area contributed by atoms with E-state index in [0.717, 1.165) is 5.56 Å². The zero-order valence-corrected chi connectivity index (χ0v) is 20.3. The van der Waals surface area contributed by atoms with Crippen LogP contribution >= 0.6 is 0 Å². The third-order valence-electron chi connectivity index (χ3n) is 5.23. The fourth-order valence-electron chi connectivity index (χ4n) is 3.78. The van der Waals surface area contributed by atoms with Crippen LogP contribution in [-0.2, 0) is 25.6 Å². The van der Waals surface area contributed by atoms with Gasteiger partial charge in [-0.3, -0.25) is 29.1 Å².